The molecular formula is C16H20N4O2S. The number of aromatic nitrogens is 1. The van der Waals surface area contributed by atoms with Crippen LogP contribution in [0.3, 0.4) is 0 Å². The van der Waals surface area contributed by atoms with Crippen molar-refractivity contribution in [3.63, 3.8) is 0 Å². The molecule has 2 amide bonds. The van der Waals surface area contributed by atoms with Gasteiger partial charge in [0.15, 0.2) is 11.6 Å². The molecule has 7 heteroatoms. The van der Waals surface area contributed by atoms with E-state index in [0.29, 0.717) is 13.1 Å². The lowest BCUT2D eigenvalue weighted by Gasteiger charge is -2.20. The zero-order chi connectivity index (χ0) is 16.2. The molecule has 1 aliphatic rings. The summed E-state index contributed by atoms with van der Waals surface area (Å²) >= 11 is 1.56. The minimum Gasteiger partial charge on any atom is -0.485 e. The number of urea groups is 1. The number of ether oxygens (including phenoxy) is 1. The van der Waals surface area contributed by atoms with Gasteiger partial charge in [-0.25, -0.2) is 9.78 Å². The van der Waals surface area contributed by atoms with Crippen LogP contribution in [0.1, 0.15) is 6.42 Å². The molecule has 0 radical (unpaired) electrons. The summed E-state index contributed by atoms with van der Waals surface area (Å²) in [6.45, 7) is 1.27. The Labute approximate surface area is 139 Å². The van der Waals surface area contributed by atoms with Crippen molar-refractivity contribution in [1.29, 1.82) is 0 Å². The lowest BCUT2D eigenvalue weighted by Crippen LogP contribution is -2.34. The molecule has 3 rings (SSSR count). The van der Waals surface area contributed by atoms with E-state index in [1.807, 2.05) is 48.0 Å². The second-order valence-electron chi connectivity index (χ2n) is 5.64. The number of amides is 2. The molecule has 1 saturated heterocycles. The van der Waals surface area contributed by atoms with Gasteiger partial charge in [0.2, 0.25) is 0 Å². The number of nitrogens with one attached hydrogen (secondary N) is 1. The Morgan fingerprint density at radius 1 is 1.48 bits per heavy atom. The molecule has 0 aliphatic carbocycles. The Morgan fingerprint density at radius 3 is 3.09 bits per heavy atom. The van der Waals surface area contributed by atoms with Gasteiger partial charge in [-0.1, -0.05) is 0 Å². The molecule has 6 nitrogen and oxygen atoms in total. The number of carbonyl (C=O) groups is 1. The number of hydrogen-bond donors (Lipinski definition) is 1. The van der Waals surface area contributed by atoms with Crippen molar-refractivity contribution in [2.24, 2.45) is 0 Å². The van der Waals surface area contributed by atoms with Crippen molar-refractivity contribution in [3.8, 4) is 5.75 Å². The van der Waals surface area contributed by atoms with Gasteiger partial charge in [-0.2, -0.15) is 11.3 Å². The lowest BCUT2D eigenvalue weighted by atomic mass is 10.3. The average molecular weight is 332 g/mol. The summed E-state index contributed by atoms with van der Waals surface area (Å²) in [5.41, 5.74) is 0.839. The number of likely N-dealkylation sites (tertiary alicyclic amines) is 1. The van der Waals surface area contributed by atoms with E-state index in [2.05, 4.69) is 10.3 Å². The fourth-order valence-electron chi connectivity index (χ4n) is 2.54. The summed E-state index contributed by atoms with van der Waals surface area (Å²) in [7, 11) is 3.87. The van der Waals surface area contributed by atoms with Crippen molar-refractivity contribution < 1.29 is 9.53 Å². The molecule has 2 aromatic heterocycles. The molecular weight excluding hydrogens is 312 g/mol. The van der Waals surface area contributed by atoms with Crippen molar-refractivity contribution >= 4 is 28.9 Å². The molecule has 1 N–H and O–H groups in total. The zero-order valence-corrected chi connectivity index (χ0v) is 14.0. The van der Waals surface area contributed by atoms with Crippen molar-refractivity contribution in [3.05, 3.63) is 35.2 Å². The van der Waals surface area contributed by atoms with Crippen LogP contribution in [0.25, 0.3) is 0 Å². The SMILES string of the molecule is CN(C)c1ncccc1O[C@@H]1CCN(C(=O)Nc2ccsc2)C1. The normalized spacial score (nSPS) is 17.1. The van der Waals surface area contributed by atoms with Gasteiger partial charge in [0.05, 0.1) is 12.2 Å². The molecule has 3 heterocycles. The smallest absolute Gasteiger partial charge is 0.321 e. The van der Waals surface area contributed by atoms with Gasteiger partial charge < -0.3 is 19.9 Å². The summed E-state index contributed by atoms with van der Waals surface area (Å²) in [4.78, 5) is 20.3. The van der Waals surface area contributed by atoms with Gasteiger partial charge in [-0.15, -0.1) is 0 Å². The number of thiophene rings is 1. The molecule has 23 heavy (non-hydrogen) atoms. The van der Waals surface area contributed by atoms with Gasteiger partial charge in [-0.3, -0.25) is 0 Å². The Kier molecular flexibility index (Phi) is 4.66. The molecule has 122 valence electrons. The number of carbonyl (C=O) groups excluding carboxylic acids is 1. The molecule has 2 aromatic rings. The summed E-state index contributed by atoms with van der Waals surface area (Å²) in [6.07, 6.45) is 2.56. The van der Waals surface area contributed by atoms with Gasteiger partial charge in [0, 0.05) is 38.6 Å². The van der Waals surface area contributed by atoms with Gasteiger partial charge in [0.1, 0.15) is 6.10 Å². The van der Waals surface area contributed by atoms with E-state index in [0.717, 1.165) is 23.7 Å². The summed E-state index contributed by atoms with van der Waals surface area (Å²) in [5, 5.41) is 6.76. The van der Waals surface area contributed by atoms with E-state index in [1.54, 1.807) is 22.4 Å². The maximum absolute atomic E-state index is 12.2. The minimum absolute atomic E-state index is 0.00822. The number of anilines is 2. The average Bonchev–Trinajstić information content (AvgIpc) is 3.19. The Balaban J connectivity index is 1.59. The second kappa shape index (κ2) is 6.87. The van der Waals surface area contributed by atoms with Crippen LogP contribution in [-0.4, -0.2) is 49.2 Å². The topological polar surface area (TPSA) is 57.7 Å². The van der Waals surface area contributed by atoms with E-state index in [9.17, 15) is 4.79 Å². The zero-order valence-electron chi connectivity index (χ0n) is 13.2. The van der Waals surface area contributed by atoms with Gasteiger partial charge >= 0.3 is 6.03 Å². The largest absolute Gasteiger partial charge is 0.485 e. The molecule has 1 aliphatic heterocycles. The third kappa shape index (κ3) is 3.73. The predicted molar refractivity (Wildman–Crippen MR) is 92.5 cm³/mol. The number of rotatable bonds is 4. The van der Waals surface area contributed by atoms with Gasteiger partial charge in [0.25, 0.3) is 0 Å². The van der Waals surface area contributed by atoms with Crippen LogP contribution in [0.5, 0.6) is 5.75 Å². The number of hydrogen-bond acceptors (Lipinski definition) is 5. The predicted octanol–water partition coefficient (Wildman–Crippen LogP) is 2.89. The van der Waals surface area contributed by atoms with Crippen LogP contribution in [0, 0.1) is 0 Å². The number of pyridine rings is 1. The number of nitrogens with zero attached hydrogens (tertiary/aromatic N) is 3. The maximum atomic E-state index is 12.2. The first-order chi connectivity index (χ1) is 11.1. The van der Waals surface area contributed by atoms with E-state index >= 15 is 0 Å². The Hall–Kier alpha value is -2.28. The lowest BCUT2D eigenvalue weighted by molar-refractivity contribution is 0.195. The highest BCUT2D eigenvalue weighted by Gasteiger charge is 2.28. The quantitative estimate of drug-likeness (QED) is 0.935. The Morgan fingerprint density at radius 2 is 2.35 bits per heavy atom. The first-order valence-electron chi connectivity index (χ1n) is 7.50. The molecule has 0 spiro atoms. The van der Waals surface area contributed by atoms with Crippen LogP contribution in [0.2, 0.25) is 0 Å². The fourth-order valence-corrected chi connectivity index (χ4v) is 3.12. The van der Waals surface area contributed by atoms with Crippen molar-refractivity contribution in [1.82, 2.24) is 9.88 Å². The van der Waals surface area contributed by atoms with E-state index in [4.69, 9.17) is 4.74 Å². The third-order valence-corrected chi connectivity index (χ3v) is 4.36. The molecule has 0 saturated carbocycles. The van der Waals surface area contributed by atoms with E-state index < -0.39 is 0 Å². The molecule has 0 unspecified atom stereocenters. The maximum Gasteiger partial charge on any atom is 0.321 e. The fraction of sp³-hybridized carbons (Fsp3) is 0.375. The monoisotopic (exact) mass is 332 g/mol. The van der Waals surface area contributed by atoms with E-state index in [1.165, 1.54) is 0 Å². The Bertz CT molecular complexity index is 660. The standard InChI is InChI=1S/C16H20N4O2S/c1-19(2)15-14(4-3-7-17-15)22-13-5-8-20(10-13)16(21)18-12-6-9-23-11-12/h3-4,6-7,9,11,13H,5,8,10H2,1-2H3,(H,18,21)/t13-/m1/s1. The van der Waals surface area contributed by atoms with Crippen LogP contribution >= 0.6 is 11.3 Å². The summed E-state index contributed by atoms with van der Waals surface area (Å²) in [6, 6.07) is 5.59. The first-order valence-corrected chi connectivity index (χ1v) is 8.45. The van der Waals surface area contributed by atoms with Crippen LogP contribution in [0.4, 0.5) is 16.3 Å². The highest BCUT2D eigenvalue weighted by molar-refractivity contribution is 7.08. The van der Waals surface area contributed by atoms with E-state index in [-0.39, 0.29) is 12.1 Å². The van der Waals surface area contributed by atoms with Gasteiger partial charge in [-0.05, 0) is 23.6 Å². The minimum atomic E-state index is -0.0754. The molecule has 0 bridgehead atoms. The summed E-state index contributed by atoms with van der Waals surface area (Å²) in [5.74, 6) is 1.55. The van der Waals surface area contributed by atoms with Crippen LogP contribution in [0.15, 0.2) is 35.2 Å². The molecule has 1 atom stereocenters. The van der Waals surface area contributed by atoms with Crippen molar-refractivity contribution in [2.75, 3.05) is 37.4 Å². The van der Waals surface area contributed by atoms with Crippen LogP contribution in [-0.2, 0) is 0 Å². The van der Waals surface area contributed by atoms with Crippen molar-refractivity contribution in [2.45, 2.75) is 12.5 Å². The highest BCUT2D eigenvalue weighted by Crippen LogP contribution is 2.26. The third-order valence-electron chi connectivity index (χ3n) is 3.67. The summed E-state index contributed by atoms with van der Waals surface area (Å²) < 4.78 is 6.06. The first kappa shape index (κ1) is 15.6. The molecule has 0 aromatic carbocycles. The second-order valence-corrected chi connectivity index (χ2v) is 6.42. The molecule has 1 fully saturated rings. The highest BCUT2D eigenvalue weighted by atomic mass is 32.1. The van der Waals surface area contributed by atoms with Crippen LogP contribution < -0.4 is 15.0 Å².